The second-order valence-corrected chi connectivity index (χ2v) is 11.2. The average molecular weight is 520 g/mol. The van der Waals surface area contributed by atoms with Gasteiger partial charge in [0.15, 0.2) is 0 Å². The molecule has 1 atom stereocenters. The molecule has 0 aliphatic carbocycles. The van der Waals surface area contributed by atoms with E-state index in [0.717, 1.165) is 11.3 Å². The van der Waals surface area contributed by atoms with Crippen molar-refractivity contribution in [1.82, 2.24) is 4.31 Å². The molecule has 10 heteroatoms. The van der Waals surface area contributed by atoms with Crippen molar-refractivity contribution in [3.05, 3.63) is 53.1 Å². The number of carbonyl (C=O) groups is 2. The topological polar surface area (TPSA) is 87.2 Å². The molecule has 1 fully saturated rings. The Kier molecular flexibility index (Phi) is 7.68. The van der Waals surface area contributed by atoms with Crippen molar-refractivity contribution >= 4 is 44.9 Å². The molecule has 1 amide bonds. The highest BCUT2D eigenvalue weighted by molar-refractivity contribution is 7.89. The predicted octanol–water partition coefficient (Wildman–Crippen LogP) is 3.33. The SMILES string of the molecule is CCOC(=O)C(C)CC(=O)N1CCc2cc(S(=O)(=O)N3CCN(c4cccc(Cl)c4)CC3)ccc21. The highest BCUT2D eigenvalue weighted by Crippen LogP contribution is 2.32. The maximum atomic E-state index is 13.3. The van der Waals surface area contributed by atoms with Crippen LogP contribution in [0.4, 0.5) is 11.4 Å². The summed E-state index contributed by atoms with van der Waals surface area (Å²) in [6.07, 6.45) is 0.621. The molecule has 0 N–H and O–H groups in total. The molecule has 0 radical (unpaired) electrons. The number of sulfonamides is 1. The van der Waals surface area contributed by atoms with Gasteiger partial charge in [-0.3, -0.25) is 9.59 Å². The molecule has 1 saturated heterocycles. The summed E-state index contributed by atoms with van der Waals surface area (Å²) >= 11 is 6.09. The molecular formula is C25H30ClN3O5S. The third kappa shape index (κ3) is 5.47. The Morgan fingerprint density at radius 2 is 1.80 bits per heavy atom. The van der Waals surface area contributed by atoms with Gasteiger partial charge in [-0.1, -0.05) is 24.6 Å². The zero-order valence-electron chi connectivity index (χ0n) is 19.9. The molecule has 2 aliphatic rings. The maximum absolute atomic E-state index is 13.3. The van der Waals surface area contributed by atoms with E-state index in [1.165, 1.54) is 4.31 Å². The summed E-state index contributed by atoms with van der Waals surface area (Å²) in [5, 5.41) is 0.651. The van der Waals surface area contributed by atoms with Crippen LogP contribution in [0.25, 0.3) is 0 Å². The highest BCUT2D eigenvalue weighted by Gasteiger charge is 2.32. The molecule has 188 valence electrons. The standard InChI is InChI=1S/C25H30ClN3O5S/c1-3-34-25(31)18(2)15-24(30)29-10-9-19-16-22(7-8-23(19)29)35(32,33)28-13-11-27(12-14-28)21-6-4-5-20(26)17-21/h4-8,16-18H,3,9-15H2,1-2H3. The lowest BCUT2D eigenvalue weighted by Crippen LogP contribution is -2.48. The zero-order chi connectivity index (χ0) is 25.2. The molecular weight excluding hydrogens is 490 g/mol. The normalized spacial score (nSPS) is 17.2. The summed E-state index contributed by atoms with van der Waals surface area (Å²) in [7, 11) is -3.66. The zero-order valence-corrected chi connectivity index (χ0v) is 21.5. The lowest BCUT2D eigenvalue weighted by Gasteiger charge is -2.35. The number of ether oxygens (including phenoxy) is 1. The summed E-state index contributed by atoms with van der Waals surface area (Å²) in [6.45, 7) is 6.05. The summed E-state index contributed by atoms with van der Waals surface area (Å²) in [4.78, 5) is 28.7. The van der Waals surface area contributed by atoms with E-state index < -0.39 is 21.9 Å². The summed E-state index contributed by atoms with van der Waals surface area (Å²) < 4.78 is 33.2. The van der Waals surface area contributed by atoms with Crippen molar-refractivity contribution < 1.29 is 22.7 Å². The number of esters is 1. The first kappa shape index (κ1) is 25.5. The molecule has 1 unspecified atom stereocenters. The van der Waals surface area contributed by atoms with E-state index in [4.69, 9.17) is 16.3 Å². The van der Waals surface area contributed by atoms with Crippen LogP contribution in [0.3, 0.4) is 0 Å². The number of anilines is 2. The molecule has 0 aromatic heterocycles. The van der Waals surface area contributed by atoms with Crippen LogP contribution in [-0.4, -0.2) is 63.9 Å². The number of halogens is 1. The van der Waals surface area contributed by atoms with Gasteiger partial charge in [0.1, 0.15) is 0 Å². The van der Waals surface area contributed by atoms with Gasteiger partial charge in [0, 0.05) is 55.5 Å². The Bertz CT molecular complexity index is 1210. The van der Waals surface area contributed by atoms with Gasteiger partial charge in [0.05, 0.1) is 17.4 Å². The van der Waals surface area contributed by atoms with Gasteiger partial charge in [-0.25, -0.2) is 8.42 Å². The van der Waals surface area contributed by atoms with Crippen LogP contribution in [-0.2, 0) is 30.8 Å². The van der Waals surface area contributed by atoms with E-state index in [1.54, 1.807) is 36.9 Å². The lowest BCUT2D eigenvalue weighted by atomic mass is 10.1. The number of benzene rings is 2. The fourth-order valence-electron chi connectivity index (χ4n) is 4.55. The number of hydrogen-bond donors (Lipinski definition) is 0. The average Bonchev–Trinajstić information content (AvgIpc) is 3.28. The molecule has 4 rings (SSSR count). The van der Waals surface area contributed by atoms with Crippen molar-refractivity contribution in [3.8, 4) is 0 Å². The largest absolute Gasteiger partial charge is 0.466 e. The number of piperazine rings is 1. The van der Waals surface area contributed by atoms with Crippen LogP contribution in [0.1, 0.15) is 25.8 Å². The minimum absolute atomic E-state index is 0.0508. The van der Waals surface area contributed by atoms with Crippen LogP contribution in [0.5, 0.6) is 0 Å². The van der Waals surface area contributed by atoms with E-state index in [1.807, 2.05) is 24.3 Å². The summed E-state index contributed by atoms with van der Waals surface area (Å²) in [5.41, 5.74) is 2.51. The second kappa shape index (κ2) is 10.6. The van der Waals surface area contributed by atoms with Crippen molar-refractivity contribution in [2.75, 3.05) is 49.1 Å². The monoisotopic (exact) mass is 519 g/mol. The quantitative estimate of drug-likeness (QED) is 0.521. The van der Waals surface area contributed by atoms with Crippen LogP contribution >= 0.6 is 11.6 Å². The van der Waals surface area contributed by atoms with Crippen molar-refractivity contribution in [2.45, 2.75) is 31.6 Å². The Labute approximate surface area is 211 Å². The molecule has 8 nitrogen and oxygen atoms in total. The number of hydrogen-bond acceptors (Lipinski definition) is 6. The van der Waals surface area contributed by atoms with Gasteiger partial charge in [-0.15, -0.1) is 0 Å². The van der Waals surface area contributed by atoms with Crippen molar-refractivity contribution in [2.24, 2.45) is 5.92 Å². The minimum atomic E-state index is -3.66. The maximum Gasteiger partial charge on any atom is 0.309 e. The predicted molar refractivity (Wildman–Crippen MR) is 135 cm³/mol. The molecule has 35 heavy (non-hydrogen) atoms. The molecule has 2 heterocycles. The fraction of sp³-hybridized carbons (Fsp3) is 0.440. The Balaban J connectivity index is 1.42. The number of amides is 1. The van der Waals surface area contributed by atoms with Gasteiger partial charge in [0.25, 0.3) is 0 Å². The number of fused-ring (bicyclic) bond motifs is 1. The van der Waals surface area contributed by atoms with E-state index in [2.05, 4.69) is 4.90 Å². The first-order valence-corrected chi connectivity index (χ1v) is 13.6. The number of carbonyl (C=O) groups excluding carboxylic acids is 2. The number of nitrogens with zero attached hydrogens (tertiary/aromatic N) is 3. The minimum Gasteiger partial charge on any atom is -0.466 e. The Morgan fingerprint density at radius 3 is 2.49 bits per heavy atom. The first-order chi connectivity index (χ1) is 16.7. The van der Waals surface area contributed by atoms with E-state index in [-0.39, 0.29) is 23.8 Å². The van der Waals surface area contributed by atoms with Gasteiger partial charge in [0.2, 0.25) is 15.9 Å². The molecule has 0 spiro atoms. The van der Waals surface area contributed by atoms with Crippen LogP contribution < -0.4 is 9.80 Å². The van der Waals surface area contributed by atoms with Gasteiger partial charge < -0.3 is 14.5 Å². The van der Waals surface area contributed by atoms with E-state index in [0.29, 0.717) is 49.9 Å². The fourth-order valence-corrected chi connectivity index (χ4v) is 6.20. The van der Waals surface area contributed by atoms with Gasteiger partial charge >= 0.3 is 5.97 Å². The first-order valence-electron chi connectivity index (χ1n) is 11.8. The van der Waals surface area contributed by atoms with Crippen molar-refractivity contribution in [3.63, 3.8) is 0 Å². The summed E-state index contributed by atoms with van der Waals surface area (Å²) in [5.74, 6) is -1.09. The lowest BCUT2D eigenvalue weighted by molar-refractivity contribution is -0.148. The third-order valence-corrected chi connectivity index (χ3v) is 8.60. The molecule has 0 saturated carbocycles. The third-order valence-electron chi connectivity index (χ3n) is 6.47. The molecule has 0 bridgehead atoms. The molecule has 2 aromatic rings. The smallest absolute Gasteiger partial charge is 0.309 e. The van der Waals surface area contributed by atoms with E-state index >= 15 is 0 Å². The Morgan fingerprint density at radius 1 is 1.06 bits per heavy atom. The Hall–Kier alpha value is -2.62. The van der Waals surface area contributed by atoms with Crippen LogP contribution in [0, 0.1) is 5.92 Å². The highest BCUT2D eigenvalue weighted by atomic mass is 35.5. The van der Waals surface area contributed by atoms with E-state index in [9.17, 15) is 18.0 Å². The second-order valence-electron chi connectivity index (χ2n) is 8.81. The van der Waals surface area contributed by atoms with Crippen LogP contribution in [0.2, 0.25) is 5.02 Å². The molecule has 2 aliphatic heterocycles. The number of rotatable bonds is 7. The van der Waals surface area contributed by atoms with Crippen molar-refractivity contribution in [1.29, 1.82) is 0 Å². The molecule has 2 aromatic carbocycles. The van der Waals surface area contributed by atoms with Crippen LogP contribution in [0.15, 0.2) is 47.4 Å². The summed E-state index contributed by atoms with van der Waals surface area (Å²) in [6, 6.07) is 12.5. The van der Waals surface area contributed by atoms with Gasteiger partial charge in [-0.2, -0.15) is 4.31 Å². The van der Waals surface area contributed by atoms with Gasteiger partial charge in [-0.05, 0) is 55.3 Å².